The van der Waals surface area contributed by atoms with Gasteiger partial charge in [0.1, 0.15) is 11.6 Å². The molecule has 0 radical (unpaired) electrons. The monoisotopic (exact) mass is 289 g/mol. The van der Waals surface area contributed by atoms with Crippen molar-refractivity contribution in [2.75, 3.05) is 5.32 Å². The van der Waals surface area contributed by atoms with E-state index in [4.69, 9.17) is 10.2 Å². The van der Waals surface area contributed by atoms with Gasteiger partial charge in [0.2, 0.25) is 5.91 Å². The van der Waals surface area contributed by atoms with Crippen LogP contribution in [0.1, 0.15) is 15.9 Å². The Bertz CT molecular complexity index is 683. The average Bonchev–Trinajstić information content (AvgIpc) is 2.41. The molecule has 1 amide bonds. The van der Waals surface area contributed by atoms with Crippen LogP contribution in [0.2, 0.25) is 0 Å². The summed E-state index contributed by atoms with van der Waals surface area (Å²) in [5.41, 5.74) is 0.361. The first-order valence-electron chi connectivity index (χ1n) is 6.06. The van der Waals surface area contributed by atoms with Crippen molar-refractivity contribution >= 4 is 17.6 Å². The molecule has 0 aliphatic rings. The molecule has 0 saturated carbocycles. The van der Waals surface area contributed by atoms with E-state index in [-0.39, 0.29) is 23.4 Å². The number of phenols is 1. The van der Waals surface area contributed by atoms with Gasteiger partial charge in [0, 0.05) is 0 Å². The quantitative estimate of drug-likeness (QED) is 0.806. The van der Waals surface area contributed by atoms with Gasteiger partial charge in [-0.15, -0.1) is 0 Å². The van der Waals surface area contributed by atoms with Gasteiger partial charge < -0.3 is 15.5 Å². The maximum absolute atomic E-state index is 13.2. The zero-order valence-corrected chi connectivity index (χ0v) is 10.8. The van der Waals surface area contributed by atoms with Gasteiger partial charge in [-0.05, 0) is 35.9 Å². The molecule has 108 valence electrons. The Labute approximate surface area is 119 Å². The van der Waals surface area contributed by atoms with Crippen molar-refractivity contribution in [3.63, 3.8) is 0 Å². The number of phenolic OH excluding ortho intramolecular Hbond substituents is 1. The molecule has 0 spiro atoms. The average molecular weight is 289 g/mol. The van der Waals surface area contributed by atoms with Gasteiger partial charge in [0.05, 0.1) is 17.7 Å². The van der Waals surface area contributed by atoms with E-state index in [2.05, 4.69) is 5.32 Å². The van der Waals surface area contributed by atoms with Crippen molar-refractivity contribution < 1.29 is 24.2 Å². The Morgan fingerprint density at radius 1 is 1.10 bits per heavy atom. The number of carbonyl (C=O) groups is 2. The highest BCUT2D eigenvalue weighted by Gasteiger charge is 2.13. The standard InChI is InChI=1S/C15H12FNO4/c16-10-3-6-12(15(20)21)13(8-10)17-14(19)7-9-1-4-11(18)5-2-9/h1-6,8,18H,7H2,(H,17,19)(H,20,21). The highest BCUT2D eigenvalue weighted by molar-refractivity contribution is 6.01. The summed E-state index contributed by atoms with van der Waals surface area (Å²) in [6, 6.07) is 9.07. The minimum absolute atomic E-state index is 0.0180. The molecular formula is C15H12FNO4. The van der Waals surface area contributed by atoms with Crippen LogP contribution in [0.25, 0.3) is 0 Å². The Balaban J connectivity index is 2.14. The number of benzene rings is 2. The number of halogens is 1. The largest absolute Gasteiger partial charge is 0.508 e. The number of anilines is 1. The van der Waals surface area contributed by atoms with Crippen molar-refractivity contribution in [1.82, 2.24) is 0 Å². The van der Waals surface area contributed by atoms with Gasteiger partial charge in [0.15, 0.2) is 0 Å². The summed E-state index contributed by atoms with van der Waals surface area (Å²) in [4.78, 5) is 22.9. The van der Waals surface area contributed by atoms with Crippen LogP contribution < -0.4 is 5.32 Å². The van der Waals surface area contributed by atoms with Gasteiger partial charge in [-0.1, -0.05) is 12.1 Å². The minimum atomic E-state index is -1.25. The molecule has 21 heavy (non-hydrogen) atoms. The maximum atomic E-state index is 13.2. The van der Waals surface area contributed by atoms with Crippen molar-refractivity contribution in [3.8, 4) is 5.75 Å². The molecule has 0 fully saturated rings. The van der Waals surface area contributed by atoms with Crippen molar-refractivity contribution in [2.45, 2.75) is 6.42 Å². The SMILES string of the molecule is O=C(Cc1ccc(O)cc1)Nc1cc(F)ccc1C(=O)O. The number of hydrogen-bond donors (Lipinski definition) is 3. The Morgan fingerprint density at radius 2 is 1.76 bits per heavy atom. The number of aromatic carboxylic acids is 1. The van der Waals surface area contributed by atoms with Crippen LogP contribution in [0.4, 0.5) is 10.1 Å². The topological polar surface area (TPSA) is 86.6 Å². The molecule has 2 rings (SSSR count). The minimum Gasteiger partial charge on any atom is -0.508 e. The van der Waals surface area contributed by atoms with Gasteiger partial charge in [0.25, 0.3) is 0 Å². The second-order valence-electron chi connectivity index (χ2n) is 4.39. The van der Waals surface area contributed by atoms with Crippen molar-refractivity contribution in [3.05, 3.63) is 59.4 Å². The number of carboxylic acid groups (broad SMARTS) is 1. The van der Waals surface area contributed by atoms with E-state index in [1.807, 2.05) is 0 Å². The van der Waals surface area contributed by atoms with E-state index in [9.17, 15) is 14.0 Å². The normalized spacial score (nSPS) is 10.1. The lowest BCUT2D eigenvalue weighted by Crippen LogP contribution is -2.17. The van der Waals surface area contributed by atoms with Crippen LogP contribution in [-0.2, 0) is 11.2 Å². The van der Waals surface area contributed by atoms with E-state index in [0.717, 1.165) is 18.2 Å². The van der Waals surface area contributed by atoms with Crippen LogP contribution in [0.3, 0.4) is 0 Å². The van der Waals surface area contributed by atoms with Gasteiger partial charge in [-0.25, -0.2) is 9.18 Å². The number of aromatic hydroxyl groups is 1. The number of carboxylic acids is 1. The summed E-state index contributed by atoms with van der Waals surface area (Å²) in [6.07, 6.45) is -0.0180. The molecule has 0 unspecified atom stereocenters. The molecular weight excluding hydrogens is 277 g/mol. The molecule has 2 aromatic carbocycles. The number of hydrogen-bond acceptors (Lipinski definition) is 3. The second kappa shape index (κ2) is 6.04. The maximum Gasteiger partial charge on any atom is 0.337 e. The molecule has 2 aromatic rings. The fraction of sp³-hybridized carbons (Fsp3) is 0.0667. The van der Waals surface area contributed by atoms with E-state index < -0.39 is 17.7 Å². The highest BCUT2D eigenvalue weighted by atomic mass is 19.1. The van der Waals surface area contributed by atoms with Crippen LogP contribution >= 0.6 is 0 Å². The number of amides is 1. The molecule has 6 heteroatoms. The predicted molar refractivity (Wildman–Crippen MR) is 73.8 cm³/mol. The third-order valence-electron chi connectivity index (χ3n) is 2.79. The summed E-state index contributed by atoms with van der Waals surface area (Å²) in [5, 5.41) is 20.5. The first-order valence-corrected chi connectivity index (χ1v) is 6.06. The van der Waals surface area contributed by atoms with Gasteiger partial charge >= 0.3 is 5.97 Å². The van der Waals surface area contributed by atoms with E-state index in [0.29, 0.717) is 5.56 Å². The lowest BCUT2D eigenvalue weighted by Gasteiger charge is -2.09. The third-order valence-corrected chi connectivity index (χ3v) is 2.79. The third kappa shape index (κ3) is 3.79. The lowest BCUT2D eigenvalue weighted by molar-refractivity contribution is -0.115. The number of nitrogens with one attached hydrogen (secondary N) is 1. The zero-order chi connectivity index (χ0) is 15.4. The van der Waals surface area contributed by atoms with E-state index in [1.54, 1.807) is 12.1 Å². The van der Waals surface area contributed by atoms with Gasteiger partial charge in [-0.3, -0.25) is 4.79 Å². The van der Waals surface area contributed by atoms with E-state index in [1.165, 1.54) is 12.1 Å². The fourth-order valence-electron chi connectivity index (χ4n) is 1.80. The Hall–Kier alpha value is -2.89. The molecule has 0 aromatic heterocycles. The molecule has 0 saturated heterocycles. The van der Waals surface area contributed by atoms with E-state index >= 15 is 0 Å². The smallest absolute Gasteiger partial charge is 0.337 e. The molecule has 0 atom stereocenters. The molecule has 3 N–H and O–H groups in total. The summed E-state index contributed by atoms with van der Waals surface area (Å²) in [5.74, 6) is -2.29. The molecule has 0 bridgehead atoms. The van der Waals surface area contributed by atoms with Crippen LogP contribution in [0.5, 0.6) is 5.75 Å². The van der Waals surface area contributed by atoms with Crippen LogP contribution in [0, 0.1) is 5.82 Å². The summed E-state index contributed by atoms with van der Waals surface area (Å²) in [6.45, 7) is 0. The highest BCUT2D eigenvalue weighted by Crippen LogP contribution is 2.18. The first kappa shape index (κ1) is 14.5. The Kier molecular flexibility index (Phi) is 4.18. The first-order chi connectivity index (χ1) is 9.95. The molecule has 5 nitrogen and oxygen atoms in total. The van der Waals surface area contributed by atoms with Crippen LogP contribution in [-0.4, -0.2) is 22.1 Å². The molecule has 0 aliphatic carbocycles. The predicted octanol–water partition coefficient (Wildman–Crippen LogP) is 2.41. The van der Waals surface area contributed by atoms with Crippen LogP contribution in [0.15, 0.2) is 42.5 Å². The van der Waals surface area contributed by atoms with Gasteiger partial charge in [-0.2, -0.15) is 0 Å². The molecule has 0 aliphatic heterocycles. The second-order valence-corrected chi connectivity index (χ2v) is 4.39. The summed E-state index contributed by atoms with van der Waals surface area (Å²) < 4.78 is 13.2. The molecule has 0 heterocycles. The summed E-state index contributed by atoms with van der Waals surface area (Å²) in [7, 11) is 0. The number of rotatable bonds is 4. The zero-order valence-electron chi connectivity index (χ0n) is 10.8. The summed E-state index contributed by atoms with van der Waals surface area (Å²) >= 11 is 0. The lowest BCUT2D eigenvalue weighted by atomic mass is 10.1. The fourth-order valence-corrected chi connectivity index (χ4v) is 1.80. The van der Waals surface area contributed by atoms with Crippen molar-refractivity contribution in [1.29, 1.82) is 0 Å². The Morgan fingerprint density at radius 3 is 2.38 bits per heavy atom. The van der Waals surface area contributed by atoms with Crippen molar-refractivity contribution in [2.24, 2.45) is 0 Å². The number of carbonyl (C=O) groups excluding carboxylic acids is 1.